The molecular weight excluding hydrogens is 545 g/mol. The number of halogens is 3. The van der Waals surface area contributed by atoms with Gasteiger partial charge in [0.15, 0.2) is 0 Å². The van der Waals surface area contributed by atoms with Gasteiger partial charge in [0.1, 0.15) is 5.56 Å². The lowest BCUT2D eigenvalue weighted by atomic mass is 9.82. The normalized spacial score (nSPS) is 20.3. The SMILES string of the molecule is CCC(C)(C)c1ccc(N2CCC(CN(C)C(=O)C3CCC(Nc4ccc([N+](=O)[O-])c(C(F)(F)F)c4)CC3)CC2)cc1. The highest BCUT2D eigenvalue weighted by Crippen LogP contribution is 2.38. The molecule has 1 heterocycles. The number of nitrogens with zero attached hydrogens (tertiary/aromatic N) is 3. The van der Waals surface area contributed by atoms with E-state index >= 15 is 0 Å². The van der Waals surface area contributed by atoms with Crippen LogP contribution in [-0.4, -0.2) is 48.5 Å². The second kappa shape index (κ2) is 12.9. The standard InChI is InChI=1S/C32H43F3N4O3/c1-5-31(2,3)24-8-13-27(14-9-24)38-18-16-22(17-19-38)21-37(4)30(40)23-6-10-25(11-7-23)36-26-12-15-29(39(41)42)28(20-26)32(33,34)35/h8-9,12-15,20,22-23,25,36H,5-7,10-11,16-19,21H2,1-4H3. The molecule has 1 saturated heterocycles. The van der Waals surface area contributed by atoms with Crippen LogP contribution in [0.4, 0.5) is 30.2 Å². The fourth-order valence-electron chi connectivity index (χ4n) is 6.22. The number of hydrogen-bond acceptors (Lipinski definition) is 5. The van der Waals surface area contributed by atoms with E-state index in [1.807, 2.05) is 11.9 Å². The van der Waals surface area contributed by atoms with Crippen LogP contribution in [0, 0.1) is 22.0 Å². The average Bonchev–Trinajstić information content (AvgIpc) is 2.97. The van der Waals surface area contributed by atoms with Gasteiger partial charge in [-0.2, -0.15) is 13.2 Å². The maximum atomic E-state index is 13.3. The maximum Gasteiger partial charge on any atom is 0.423 e. The number of nitro benzene ring substituents is 1. The van der Waals surface area contributed by atoms with E-state index in [-0.39, 0.29) is 29.0 Å². The third-order valence-electron chi connectivity index (χ3n) is 9.37. The number of carbonyl (C=O) groups excluding carboxylic acids is 1. The second-order valence-corrected chi connectivity index (χ2v) is 12.6. The molecule has 0 atom stereocenters. The molecule has 0 aromatic heterocycles. The van der Waals surface area contributed by atoms with Crippen LogP contribution in [0.3, 0.4) is 0 Å². The number of alkyl halides is 3. The number of benzene rings is 2. The van der Waals surface area contributed by atoms with Gasteiger partial charge in [0.05, 0.1) is 4.92 Å². The van der Waals surface area contributed by atoms with Crippen molar-refractivity contribution in [2.75, 3.05) is 36.9 Å². The number of nitro groups is 1. The molecule has 10 heteroatoms. The number of rotatable bonds is 9. The van der Waals surface area contributed by atoms with Crippen LogP contribution < -0.4 is 10.2 Å². The molecule has 1 amide bonds. The van der Waals surface area contributed by atoms with Gasteiger partial charge in [0.2, 0.25) is 5.91 Å². The summed E-state index contributed by atoms with van der Waals surface area (Å²) in [5, 5.41) is 14.1. The number of nitrogens with one attached hydrogen (secondary N) is 1. The highest BCUT2D eigenvalue weighted by atomic mass is 19.4. The zero-order chi connectivity index (χ0) is 30.7. The molecule has 42 heavy (non-hydrogen) atoms. The first-order valence-corrected chi connectivity index (χ1v) is 15.0. The lowest BCUT2D eigenvalue weighted by Crippen LogP contribution is -2.42. The summed E-state index contributed by atoms with van der Waals surface area (Å²) >= 11 is 0. The summed E-state index contributed by atoms with van der Waals surface area (Å²) in [5.74, 6) is 0.498. The van der Waals surface area contributed by atoms with Crippen LogP contribution in [0.1, 0.15) is 76.8 Å². The van der Waals surface area contributed by atoms with Crippen LogP contribution in [0.25, 0.3) is 0 Å². The molecule has 0 radical (unpaired) electrons. The first kappa shape index (κ1) is 31.6. The number of hydrogen-bond donors (Lipinski definition) is 1. The minimum absolute atomic E-state index is 0.0895. The molecule has 230 valence electrons. The summed E-state index contributed by atoms with van der Waals surface area (Å²) in [6, 6.07) is 11.9. The van der Waals surface area contributed by atoms with Gasteiger partial charge in [-0.25, -0.2) is 0 Å². The molecule has 2 aromatic rings. The van der Waals surface area contributed by atoms with Gasteiger partial charge < -0.3 is 15.1 Å². The average molecular weight is 589 g/mol. The van der Waals surface area contributed by atoms with Gasteiger partial charge in [-0.05, 0) is 86.1 Å². The molecule has 4 rings (SSSR count). The van der Waals surface area contributed by atoms with Crippen molar-refractivity contribution in [3.8, 4) is 0 Å². The molecule has 0 spiro atoms. The van der Waals surface area contributed by atoms with Gasteiger partial charge in [0, 0.05) is 56.1 Å². The van der Waals surface area contributed by atoms with Crippen LogP contribution in [0.2, 0.25) is 0 Å². The van der Waals surface area contributed by atoms with E-state index in [0.717, 1.165) is 51.0 Å². The molecule has 1 aliphatic carbocycles. The summed E-state index contributed by atoms with van der Waals surface area (Å²) < 4.78 is 40.0. The van der Waals surface area contributed by atoms with Crippen LogP contribution >= 0.6 is 0 Å². The van der Waals surface area contributed by atoms with E-state index < -0.39 is 22.4 Å². The Bertz CT molecular complexity index is 1230. The van der Waals surface area contributed by atoms with Crippen molar-refractivity contribution in [1.29, 1.82) is 0 Å². The zero-order valence-corrected chi connectivity index (χ0v) is 25.0. The summed E-state index contributed by atoms with van der Waals surface area (Å²) in [6.07, 6.45) is 0.952. The highest BCUT2D eigenvalue weighted by Gasteiger charge is 2.39. The van der Waals surface area contributed by atoms with Crippen molar-refractivity contribution in [1.82, 2.24) is 4.90 Å². The minimum Gasteiger partial charge on any atom is -0.382 e. The van der Waals surface area contributed by atoms with Crippen LogP contribution in [0.5, 0.6) is 0 Å². The first-order valence-electron chi connectivity index (χ1n) is 15.0. The Balaban J connectivity index is 1.23. The second-order valence-electron chi connectivity index (χ2n) is 12.6. The predicted octanol–water partition coefficient (Wildman–Crippen LogP) is 7.65. The Morgan fingerprint density at radius 2 is 1.64 bits per heavy atom. The van der Waals surface area contributed by atoms with E-state index in [4.69, 9.17) is 0 Å². The Kier molecular flexibility index (Phi) is 9.73. The monoisotopic (exact) mass is 588 g/mol. The Labute approximate surface area is 246 Å². The van der Waals surface area contributed by atoms with Gasteiger partial charge >= 0.3 is 6.18 Å². The topological polar surface area (TPSA) is 78.7 Å². The van der Waals surface area contributed by atoms with Crippen molar-refractivity contribution in [3.05, 3.63) is 63.7 Å². The lowest BCUT2D eigenvalue weighted by molar-refractivity contribution is -0.388. The Hall–Kier alpha value is -3.30. The van der Waals surface area contributed by atoms with Gasteiger partial charge in [-0.3, -0.25) is 14.9 Å². The molecule has 1 aliphatic heterocycles. The van der Waals surface area contributed by atoms with Crippen molar-refractivity contribution >= 4 is 23.0 Å². The smallest absolute Gasteiger partial charge is 0.382 e. The number of piperidine rings is 1. The molecular formula is C32H43F3N4O3. The van der Waals surface area contributed by atoms with Gasteiger partial charge in [0.25, 0.3) is 5.69 Å². The predicted molar refractivity (Wildman–Crippen MR) is 160 cm³/mol. The van der Waals surface area contributed by atoms with Crippen LogP contribution in [0.15, 0.2) is 42.5 Å². The van der Waals surface area contributed by atoms with Gasteiger partial charge in [-0.15, -0.1) is 0 Å². The molecule has 1 saturated carbocycles. The largest absolute Gasteiger partial charge is 0.423 e. The van der Waals surface area contributed by atoms with Crippen molar-refractivity contribution in [3.63, 3.8) is 0 Å². The van der Waals surface area contributed by atoms with E-state index in [1.54, 1.807) is 0 Å². The van der Waals surface area contributed by atoms with Gasteiger partial charge in [-0.1, -0.05) is 32.9 Å². The number of carbonyl (C=O) groups is 1. The maximum absolute atomic E-state index is 13.3. The molecule has 2 aliphatic rings. The van der Waals surface area contributed by atoms with Crippen molar-refractivity contribution < 1.29 is 22.9 Å². The van der Waals surface area contributed by atoms with E-state index in [9.17, 15) is 28.1 Å². The van der Waals surface area contributed by atoms with Crippen molar-refractivity contribution in [2.24, 2.45) is 11.8 Å². The van der Waals surface area contributed by atoms with E-state index in [2.05, 4.69) is 55.3 Å². The third kappa shape index (κ3) is 7.55. The third-order valence-corrected chi connectivity index (χ3v) is 9.37. The minimum atomic E-state index is -4.82. The molecule has 1 N–H and O–H groups in total. The Morgan fingerprint density at radius 3 is 2.19 bits per heavy atom. The van der Waals surface area contributed by atoms with Crippen molar-refractivity contribution in [2.45, 2.75) is 83.4 Å². The fraction of sp³-hybridized carbons (Fsp3) is 0.594. The highest BCUT2D eigenvalue weighted by molar-refractivity contribution is 5.78. The summed E-state index contributed by atoms with van der Waals surface area (Å²) in [6.45, 7) is 9.43. The molecule has 2 aromatic carbocycles. The number of amides is 1. The summed E-state index contributed by atoms with van der Waals surface area (Å²) in [5.41, 5.74) is 0.764. The Morgan fingerprint density at radius 1 is 1.02 bits per heavy atom. The molecule has 7 nitrogen and oxygen atoms in total. The van der Waals surface area contributed by atoms with E-state index in [0.29, 0.717) is 31.6 Å². The zero-order valence-electron chi connectivity index (χ0n) is 25.0. The first-order chi connectivity index (χ1) is 19.8. The van der Waals surface area contributed by atoms with Crippen LogP contribution in [-0.2, 0) is 16.4 Å². The summed E-state index contributed by atoms with van der Waals surface area (Å²) in [7, 11) is 1.88. The molecule has 0 bridgehead atoms. The summed E-state index contributed by atoms with van der Waals surface area (Å²) in [4.78, 5) is 27.5. The molecule has 2 fully saturated rings. The lowest BCUT2D eigenvalue weighted by Gasteiger charge is -2.37. The van der Waals surface area contributed by atoms with E-state index in [1.165, 1.54) is 17.3 Å². The number of anilines is 2. The quantitative estimate of drug-likeness (QED) is 0.241. The molecule has 0 unspecified atom stereocenters. The fourth-order valence-corrected chi connectivity index (χ4v) is 6.22.